The maximum absolute atomic E-state index is 11.5. The SMILES string of the molecule is Cc1sc(C(=O)NN)cc1CN(C)C(C)c1cccs1. The molecule has 2 aromatic rings. The van der Waals surface area contributed by atoms with Crippen LogP contribution in [0.25, 0.3) is 0 Å². The summed E-state index contributed by atoms with van der Waals surface area (Å²) in [7, 11) is 2.10. The van der Waals surface area contributed by atoms with Crippen molar-refractivity contribution in [2.24, 2.45) is 5.84 Å². The van der Waals surface area contributed by atoms with Crippen molar-refractivity contribution in [2.45, 2.75) is 26.4 Å². The zero-order chi connectivity index (χ0) is 14.7. The smallest absolute Gasteiger partial charge is 0.275 e. The van der Waals surface area contributed by atoms with Gasteiger partial charge in [-0.2, -0.15) is 0 Å². The number of hydrogen-bond donors (Lipinski definition) is 2. The van der Waals surface area contributed by atoms with E-state index in [1.807, 2.05) is 13.0 Å². The highest BCUT2D eigenvalue weighted by Gasteiger charge is 2.16. The number of nitrogens with two attached hydrogens (primary N) is 1. The normalized spacial score (nSPS) is 12.7. The first kappa shape index (κ1) is 15.2. The van der Waals surface area contributed by atoms with E-state index < -0.39 is 0 Å². The first-order valence-electron chi connectivity index (χ1n) is 6.36. The molecule has 3 N–H and O–H groups in total. The van der Waals surface area contributed by atoms with Crippen molar-refractivity contribution in [3.8, 4) is 0 Å². The number of amides is 1. The van der Waals surface area contributed by atoms with Gasteiger partial charge in [0.2, 0.25) is 0 Å². The molecule has 0 radical (unpaired) electrons. The topological polar surface area (TPSA) is 58.4 Å². The van der Waals surface area contributed by atoms with E-state index >= 15 is 0 Å². The van der Waals surface area contributed by atoms with Crippen molar-refractivity contribution < 1.29 is 4.79 Å². The largest absolute Gasteiger partial charge is 0.295 e. The average molecular weight is 309 g/mol. The Kier molecular flexibility index (Phi) is 4.93. The lowest BCUT2D eigenvalue weighted by molar-refractivity contribution is 0.0957. The van der Waals surface area contributed by atoms with Gasteiger partial charge in [-0.3, -0.25) is 15.1 Å². The molecular weight excluding hydrogens is 290 g/mol. The molecule has 2 rings (SSSR count). The van der Waals surface area contributed by atoms with Crippen molar-refractivity contribution in [3.05, 3.63) is 43.8 Å². The first-order valence-corrected chi connectivity index (χ1v) is 8.06. The fraction of sp³-hybridized carbons (Fsp3) is 0.357. The first-order chi connectivity index (χ1) is 9.52. The lowest BCUT2D eigenvalue weighted by atomic mass is 10.2. The average Bonchev–Trinajstić information content (AvgIpc) is 3.07. The van der Waals surface area contributed by atoms with E-state index in [0.717, 1.165) is 11.4 Å². The molecule has 0 aliphatic rings. The molecule has 0 aliphatic heterocycles. The van der Waals surface area contributed by atoms with Crippen LogP contribution in [0.1, 0.15) is 38.0 Å². The molecule has 0 aliphatic carbocycles. The number of hydrazine groups is 1. The van der Waals surface area contributed by atoms with Crippen molar-refractivity contribution >= 4 is 28.6 Å². The van der Waals surface area contributed by atoms with Gasteiger partial charge in [-0.25, -0.2) is 5.84 Å². The summed E-state index contributed by atoms with van der Waals surface area (Å²) in [5.74, 6) is 4.95. The molecule has 2 heterocycles. The molecule has 6 heteroatoms. The monoisotopic (exact) mass is 309 g/mol. The molecule has 1 amide bonds. The Morgan fingerprint density at radius 1 is 1.55 bits per heavy atom. The van der Waals surface area contributed by atoms with Gasteiger partial charge in [0, 0.05) is 22.3 Å². The zero-order valence-electron chi connectivity index (χ0n) is 11.8. The van der Waals surface area contributed by atoms with Crippen LogP contribution in [0.15, 0.2) is 23.6 Å². The molecule has 0 saturated heterocycles. The standard InChI is InChI=1S/C14H19N3OS2/c1-9(12-5-4-6-19-12)17(3)8-11-7-13(14(18)16-15)20-10(11)2/h4-7,9H,8,15H2,1-3H3,(H,16,18). The Balaban J connectivity index is 2.09. The van der Waals surface area contributed by atoms with Crippen LogP contribution < -0.4 is 11.3 Å². The van der Waals surface area contributed by atoms with Crippen molar-refractivity contribution in [2.75, 3.05) is 7.05 Å². The number of hydrogen-bond acceptors (Lipinski definition) is 5. The highest BCUT2D eigenvalue weighted by Crippen LogP contribution is 2.28. The second kappa shape index (κ2) is 6.49. The van der Waals surface area contributed by atoms with Crippen LogP contribution in [0.5, 0.6) is 0 Å². The highest BCUT2D eigenvalue weighted by atomic mass is 32.1. The van der Waals surface area contributed by atoms with Crippen LogP contribution in [0.2, 0.25) is 0 Å². The highest BCUT2D eigenvalue weighted by molar-refractivity contribution is 7.14. The van der Waals surface area contributed by atoms with Crippen LogP contribution in [-0.4, -0.2) is 17.9 Å². The zero-order valence-corrected chi connectivity index (χ0v) is 13.5. The minimum Gasteiger partial charge on any atom is -0.295 e. The second-order valence-corrected chi connectivity index (χ2v) is 7.01. The molecule has 0 fully saturated rings. The summed E-state index contributed by atoms with van der Waals surface area (Å²) < 4.78 is 0. The van der Waals surface area contributed by atoms with E-state index in [1.54, 1.807) is 11.3 Å². The molecule has 1 unspecified atom stereocenters. The number of carbonyl (C=O) groups is 1. The molecule has 0 aromatic carbocycles. The number of nitrogens with one attached hydrogen (secondary N) is 1. The third-order valence-electron chi connectivity index (χ3n) is 3.41. The minimum atomic E-state index is -0.224. The van der Waals surface area contributed by atoms with Crippen LogP contribution in [0.3, 0.4) is 0 Å². The van der Waals surface area contributed by atoms with Gasteiger partial charge < -0.3 is 0 Å². The molecule has 20 heavy (non-hydrogen) atoms. The van der Waals surface area contributed by atoms with Crippen LogP contribution >= 0.6 is 22.7 Å². The number of aryl methyl sites for hydroxylation is 1. The Morgan fingerprint density at radius 3 is 2.90 bits per heavy atom. The maximum atomic E-state index is 11.5. The molecule has 108 valence electrons. The second-order valence-electron chi connectivity index (χ2n) is 4.77. The summed E-state index contributed by atoms with van der Waals surface area (Å²) in [4.78, 5) is 17.0. The van der Waals surface area contributed by atoms with Crippen molar-refractivity contribution in [1.29, 1.82) is 0 Å². The third kappa shape index (κ3) is 3.27. The summed E-state index contributed by atoms with van der Waals surface area (Å²) in [6.45, 7) is 5.05. The summed E-state index contributed by atoms with van der Waals surface area (Å²) in [5, 5.41) is 2.10. The molecule has 0 bridgehead atoms. The minimum absolute atomic E-state index is 0.224. The Bertz CT molecular complexity index is 577. The summed E-state index contributed by atoms with van der Waals surface area (Å²) >= 11 is 3.25. The van der Waals surface area contributed by atoms with Gasteiger partial charge in [-0.15, -0.1) is 22.7 Å². The van der Waals surface area contributed by atoms with Gasteiger partial charge >= 0.3 is 0 Å². The van der Waals surface area contributed by atoms with Gasteiger partial charge in [0.25, 0.3) is 5.91 Å². The molecule has 4 nitrogen and oxygen atoms in total. The van der Waals surface area contributed by atoms with E-state index in [4.69, 9.17) is 5.84 Å². The summed E-state index contributed by atoms with van der Waals surface area (Å²) in [6.07, 6.45) is 0. The molecule has 0 saturated carbocycles. The fourth-order valence-corrected chi connectivity index (χ4v) is 3.80. The van der Waals surface area contributed by atoms with Crippen LogP contribution in [-0.2, 0) is 6.54 Å². The van der Waals surface area contributed by atoms with E-state index in [-0.39, 0.29) is 5.91 Å². The van der Waals surface area contributed by atoms with Crippen molar-refractivity contribution in [1.82, 2.24) is 10.3 Å². The van der Waals surface area contributed by atoms with Gasteiger partial charge in [0.15, 0.2) is 0 Å². The van der Waals surface area contributed by atoms with E-state index in [9.17, 15) is 4.79 Å². The van der Waals surface area contributed by atoms with Gasteiger partial charge in [-0.1, -0.05) is 6.07 Å². The predicted molar refractivity (Wildman–Crippen MR) is 84.9 cm³/mol. The Morgan fingerprint density at radius 2 is 2.30 bits per heavy atom. The Labute approximate surface area is 127 Å². The van der Waals surface area contributed by atoms with Crippen molar-refractivity contribution in [3.63, 3.8) is 0 Å². The summed E-state index contributed by atoms with van der Waals surface area (Å²) in [5.41, 5.74) is 3.36. The van der Waals surface area contributed by atoms with Gasteiger partial charge in [0.1, 0.15) is 0 Å². The van der Waals surface area contributed by atoms with Gasteiger partial charge in [0.05, 0.1) is 4.88 Å². The van der Waals surface area contributed by atoms with Crippen LogP contribution in [0.4, 0.5) is 0 Å². The molecular formula is C14H19N3OS2. The number of rotatable bonds is 5. The Hall–Kier alpha value is -1.21. The summed E-state index contributed by atoms with van der Waals surface area (Å²) in [6, 6.07) is 6.52. The predicted octanol–water partition coefficient (Wildman–Crippen LogP) is 2.91. The number of thiophene rings is 2. The lowest BCUT2D eigenvalue weighted by Gasteiger charge is -2.23. The molecule has 0 spiro atoms. The quantitative estimate of drug-likeness (QED) is 0.507. The fourth-order valence-electron chi connectivity index (χ4n) is 2.01. The number of nitrogens with zero attached hydrogens (tertiary/aromatic N) is 1. The van der Waals surface area contributed by atoms with E-state index in [2.05, 4.69) is 41.8 Å². The van der Waals surface area contributed by atoms with E-state index in [0.29, 0.717) is 10.9 Å². The lowest BCUT2D eigenvalue weighted by Crippen LogP contribution is -2.29. The number of carbonyl (C=O) groups excluding carboxylic acids is 1. The van der Waals surface area contributed by atoms with Crippen LogP contribution in [0, 0.1) is 6.92 Å². The molecule has 1 atom stereocenters. The number of nitrogen functional groups attached to an aromatic ring is 1. The van der Waals surface area contributed by atoms with Gasteiger partial charge in [-0.05, 0) is 44.0 Å². The van der Waals surface area contributed by atoms with E-state index in [1.165, 1.54) is 21.8 Å². The maximum Gasteiger partial charge on any atom is 0.275 e. The third-order valence-corrected chi connectivity index (χ3v) is 5.55. The molecule has 2 aromatic heterocycles.